The normalized spacial score (nSPS) is 11.6. The van der Waals surface area contributed by atoms with E-state index in [0.717, 1.165) is 6.20 Å². The molecule has 1 rings (SSSR count). The minimum Gasteiger partial charge on any atom is -0.400 e. The van der Waals surface area contributed by atoms with Gasteiger partial charge in [-0.05, 0) is 0 Å². The number of halogens is 4. The highest BCUT2D eigenvalue weighted by molar-refractivity contribution is 9.08. The number of nitrogens with one attached hydrogen (secondary N) is 1. The first-order chi connectivity index (χ1) is 7.39. The second kappa shape index (κ2) is 4.88. The second-order valence-electron chi connectivity index (χ2n) is 2.79. The Hall–Kier alpha value is -1.02. The fourth-order valence-electron chi connectivity index (χ4n) is 1.03. The Kier molecular flexibility index (Phi) is 3.98. The van der Waals surface area contributed by atoms with E-state index < -0.39 is 24.1 Å². The monoisotopic (exact) mass is 301 g/mol. The van der Waals surface area contributed by atoms with Gasteiger partial charge in [0.05, 0.1) is 12.3 Å². The Morgan fingerprint density at radius 2 is 2.12 bits per heavy atom. The van der Waals surface area contributed by atoms with E-state index >= 15 is 0 Å². The van der Waals surface area contributed by atoms with Gasteiger partial charge in [-0.25, -0.2) is 0 Å². The van der Waals surface area contributed by atoms with Crippen LogP contribution in [-0.4, -0.2) is 16.5 Å². The highest BCUT2D eigenvalue weighted by Crippen LogP contribution is 2.23. The van der Waals surface area contributed by atoms with Gasteiger partial charge in [0.1, 0.15) is 0 Å². The molecule has 0 radical (unpaired) electrons. The zero-order chi connectivity index (χ0) is 12.3. The first-order valence-corrected chi connectivity index (χ1v) is 5.17. The lowest BCUT2D eigenvalue weighted by Gasteiger charge is -2.12. The van der Waals surface area contributed by atoms with Crippen molar-refractivity contribution in [2.75, 3.05) is 0 Å². The van der Waals surface area contributed by atoms with Crippen molar-refractivity contribution in [2.45, 2.75) is 18.3 Å². The Labute approximate surface area is 96.2 Å². The van der Waals surface area contributed by atoms with Gasteiger partial charge in [-0.3, -0.25) is 4.79 Å². The molecule has 0 aliphatic heterocycles. The minimum atomic E-state index is -4.95. The number of rotatable bonds is 3. The van der Waals surface area contributed by atoms with E-state index in [1.807, 2.05) is 0 Å². The number of ether oxygens (including phenoxy) is 1. The van der Waals surface area contributed by atoms with Gasteiger partial charge in [0, 0.05) is 17.1 Å². The number of H-pyrrole nitrogens is 1. The van der Waals surface area contributed by atoms with Crippen LogP contribution in [0.15, 0.2) is 11.0 Å². The number of aliphatic hydroxyl groups is 1. The molecule has 0 aromatic carbocycles. The summed E-state index contributed by atoms with van der Waals surface area (Å²) in [6, 6.07) is 0. The standard InChI is InChI=1S/C8H7BrF3NO3/c9-1-5-7(16-8(10,11)12)6(15)4(3-14)2-13-5/h2,14H,1,3H2,(H,13,15). The molecule has 4 nitrogen and oxygen atoms in total. The number of aliphatic hydroxyl groups excluding tert-OH is 1. The van der Waals surface area contributed by atoms with Gasteiger partial charge in [0.25, 0.3) is 0 Å². The first-order valence-electron chi connectivity index (χ1n) is 4.05. The van der Waals surface area contributed by atoms with Gasteiger partial charge < -0.3 is 14.8 Å². The Morgan fingerprint density at radius 3 is 2.56 bits per heavy atom. The molecule has 1 aromatic heterocycles. The van der Waals surface area contributed by atoms with Crippen molar-refractivity contribution in [1.29, 1.82) is 0 Å². The molecule has 0 saturated carbocycles. The fourth-order valence-corrected chi connectivity index (χ4v) is 1.45. The lowest BCUT2D eigenvalue weighted by Crippen LogP contribution is -2.25. The van der Waals surface area contributed by atoms with Crippen molar-refractivity contribution in [1.82, 2.24) is 4.98 Å². The van der Waals surface area contributed by atoms with Crippen molar-refractivity contribution >= 4 is 15.9 Å². The van der Waals surface area contributed by atoms with Crippen LogP contribution in [0.2, 0.25) is 0 Å². The van der Waals surface area contributed by atoms with Crippen molar-refractivity contribution in [2.24, 2.45) is 0 Å². The topological polar surface area (TPSA) is 62.3 Å². The molecule has 0 bridgehead atoms. The average Bonchev–Trinajstić information content (AvgIpc) is 2.19. The van der Waals surface area contributed by atoms with Gasteiger partial charge in [-0.1, -0.05) is 15.9 Å². The molecule has 0 aliphatic rings. The lowest BCUT2D eigenvalue weighted by molar-refractivity contribution is -0.275. The summed E-state index contributed by atoms with van der Waals surface area (Å²) in [5, 5.41) is 8.74. The third kappa shape index (κ3) is 2.99. The van der Waals surface area contributed by atoms with E-state index in [-0.39, 0.29) is 16.6 Å². The van der Waals surface area contributed by atoms with Crippen molar-refractivity contribution in [3.8, 4) is 5.75 Å². The summed E-state index contributed by atoms with van der Waals surface area (Å²) in [4.78, 5) is 13.9. The zero-order valence-corrected chi connectivity index (χ0v) is 9.35. The van der Waals surface area contributed by atoms with Crippen LogP contribution in [0.25, 0.3) is 0 Å². The second-order valence-corrected chi connectivity index (χ2v) is 3.35. The van der Waals surface area contributed by atoms with Crippen LogP contribution in [0, 0.1) is 0 Å². The van der Waals surface area contributed by atoms with Crippen LogP contribution >= 0.6 is 15.9 Å². The summed E-state index contributed by atoms with van der Waals surface area (Å²) in [5.74, 6) is -0.851. The molecule has 0 atom stereocenters. The minimum absolute atomic E-state index is 0.000633. The van der Waals surface area contributed by atoms with E-state index in [0.29, 0.717) is 0 Å². The summed E-state index contributed by atoms with van der Waals surface area (Å²) >= 11 is 2.92. The number of hydrogen-bond acceptors (Lipinski definition) is 3. The van der Waals surface area contributed by atoms with E-state index in [2.05, 4.69) is 25.7 Å². The van der Waals surface area contributed by atoms with E-state index in [9.17, 15) is 18.0 Å². The molecule has 90 valence electrons. The molecule has 1 heterocycles. The maximum absolute atomic E-state index is 12.0. The van der Waals surface area contributed by atoms with Crippen molar-refractivity contribution < 1.29 is 23.0 Å². The number of pyridine rings is 1. The van der Waals surface area contributed by atoms with Crippen LogP contribution in [0.5, 0.6) is 5.75 Å². The first kappa shape index (κ1) is 13.0. The van der Waals surface area contributed by atoms with Crippen LogP contribution in [0.3, 0.4) is 0 Å². The predicted octanol–water partition coefficient (Wildman–Crippen LogP) is 1.66. The molecule has 8 heteroatoms. The fraction of sp³-hybridized carbons (Fsp3) is 0.375. The van der Waals surface area contributed by atoms with Crippen LogP contribution < -0.4 is 10.2 Å². The molecular formula is C8H7BrF3NO3. The molecule has 0 aliphatic carbocycles. The maximum atomic E-state index is 12.0. The lowest BCUT2D eigenvalue weighted by atomic mass is 10.2. The summed E-state index contributed by atoms with van der Waals surface area (Å²) in [5.41, 5.74) is -1.21. The van der Waals surface area contributed by atoms with Gasteiger partial charge in [0.15, 0.2) is 5.75 Å². The Balaban J connectivity index is 3.27. The van der Waals surface area contributed by atoms with Gasteiger partial charge in [0.2, 0.25) is 5.43 Å². The van der Waals surface area contributed by atoms with Gasteiger partial charge in [-0.15, -0.1) is 13.2 Å². The molecule has 2 N–H and O–H groups in total. The third-order valence-electron chi connectivity index (χ3n) is 1.71. The van der Waals surface area contributed by atoms with E-state index in [4.69, 9.17) is 5.11 Å². The molecule has 0 saturated heterocycles. The predicted molar refractivity (Wildman–Crippen MR) is 52.3 cm³/mol. The van der Waals surface area contributed by atoms with Crippen LogP contribution in [-0.2, 0) is 11.9 Å². The highest BCUT2D eigenvalue weighted by atomic mass is 79.9. The van der Waals surface area contributed by atoms with E-state index in [1.54, 1.807) is 0 Å². The molecule has 0 fully saturated rings. The smallest absolute Gasteiger partial charge is 0.400 e. The highest BCUT2D eigenvalue weighted by Gasteiger charge is 2.33. The Morgan fingerprint density at radius 1 is 1.50 bits per heavy atom. The maximum Gasteiger partial charge on any atom is 0.573 e. The molecular weight excluding hydrogens is 295 g/mol. The largest absolute Gasteiger partial charge is 0.573 e. The summed E-state index contributed by atoms with van der Waals surface area (Å²) < 4.78 is 39.7. The number of hydrogen-bond donors (Lipinski definition) is 2. The summed E-state index contributed by atoms with van der Waals surface area (Å²) in [7, 11) is 0. The summed E-state index contributed by atoms with van der Waals surface area (Å²) in [6.45, 7) is -0.661. The average molecular weight is 302 g/mol. The zero-order valence-electron chi connectivity index (χ0n) is 7.77. The van der Waals surface area contributed by atoms with Crippen molar-refractivity contribution in [3.63, 3.8) is 0 Å². The summed E-state index contributed by atoms with van der Waals surface area (Å²) in [6.07, 6.45) is -3.81. The van der Waals surface area contributed by atoms with Gasteiger partial charge >= 0.3 is 6.36 Å². The van der Waals surface area contributed by atoms with Crippen LogP contribution in [0.1, 0.15) is 11.3 Å². The number of alkyl halides is 4. The SMILES string of the molecule is O=c1c(CO)c[nH]c(CBr)c1OC(F)(F)F. The molecule has 0 spiro atoms. The molecule has 0 unspecified atom stereocenters. The number of aromatic nitrogens is 1. The quantitative estimate of drug-likeness (QED) is 0.835. The van der Waals surface area contributed by atoms with Crippen LogP contribution in [0.4, 0.5) is 13.2 Å². The third-order valence-corrected chi connectivity index (χ3v) is 2.28. The molecule has 1 aromatic rings. The van der Waals surface area contributed by atoms with E-state index in [1.165, 1.54) is 0 Å². The molecule has 16 heavy (non-hydrogen) atoms. The number of aromatic amines is 1. The molecule has 0 amide bonds. The Bertz CT molecular complexity index is 430. The van der Waals surface area contributed by atoms with Gasteiger partial charge in [-0.2, -0.15) is 0 Å². The van der Waals surface area contributed by atoms with Crippen molar-refractivity contribution in [3.05, 3.63) is 27.7 Å².